The molecule has 8 nitrogen and oxygen atoms in total. The third-order valence-electron chi connectivity index (χ3n) is 4.41. The van der Waals surface area contributed by atoms with E-state index in [-0.39, 0.29) is 11.8 Å². The molecule has 134 valence electrons. The minimum absolute atomic E-state index is 0.0805. The Bertz CT molecular complexity index is 888. The summed E-state index contributed by atoms with van der Waals surface area (Å²) >= 11 is 0. The zero-order valence-electron chi connectivity index (χ0n) is 14.5. The zero-order chi connectivity index (χ0) is 17.9. The lowest BCUT2D eigenvalue weighted by atomic mass is 10.1. The quantitative estimate of drug-likeness (QED) is 0.708. The molecule has 0 unspecified atom stereocenters. The third kappa shape index (κ3) is 3.44. The number of hydrogen-bond donors (Lipinski definition) is 0. The van der Waals surface area contributed by atoms with Crippen LogP contribution in [0.1, 0.15) is 16.2 Å². The highest BCUT2D eigenvalue weighted by atomic mass is 16.5. The average molecular weight is 352 g/mol. The first-order valence-corrected chi connectivity index (χ1v) is 8.51. The van der Waals surface area contributed by atoms with Crippen LogP contribution in [-0.4, -0.2) is 48.3 Å². The van der Waals surface area contributed by atoms with E-state index in [1.807, 2.05) is 23.1 Å². The molecule has 0 bridgehead atoms. The fourth-order valence-electron chi connectivity index (χ4n) is 3.14. The van der Waals surface area contributed by atoms with E-state index in [1.54, 1.807) is 42.7 Å². The van der Waals surface area contributed by atoms with Crippen LogP contribution in [0.5, 0.6) is 5.88 Å². The SMILES string of the molecule is Cn1ccc(C(=O)N2Cc3cncn3C[C@H](COc3ccccn3)C2)n1. The van der Waals surface area contributed by atoms with E-state index in [4.69, 9.17) is 4.74 Å². The number of imidazole rings is 1. The molecule has 0 aromatic carbocycles. The van der Waals surface area contributed by atoms with Crippen molar-refractivity contribution in [2.45, 2.75) is 13.1 Å². The molecule has 0 aliphatic carbocycles. The Kier molecular flexibility index (Phi) is 4.39. The number of nitrogens with zero attached hydrogens (tertiary/aromatic N) is 6. The van der Waals surface area contributed by atoms with Crippen LogP contribution < -0.4 is 4.74 Å². The van der Waals surface area contributed by atoms with Crippen molar-refractivity contribution >= 4 is 5.91 Å². The molecule has 3 aromatic heterocycles. The molecule has 0 radical (unpaired) electrons. The lowest BCUT2D eigenvalue weighted by Crippen LogP contribution is -2.36. The predicted octanol–water partition coefficient (Wildman–Crippen LogP) is 1.36. The summed E-state index contributed by atoms with van der Waals surface area (Å²) in [5, 5.41) is 4.24. The number of carbonyl (C=O) groups is 1. The summed E-state index contributed by atoms with van der Waals surface area (Å²) in [6.45, 7) is 2.31. The zero-order valence-corrected chi connectivity index (χ0v) is 14.5. The van der Waals surface area contributed by atoms with Gasteiger partial charge >= 0.3 is 0 Å². The fraction of sp³-hybridized carbons (Fsp3) is 0.333. The van der Waals surface area contributed by atoms with Crippen LogP contribution in [0.2, 0.25) is 0 Å². The largest absolute Gasteiger partial charge is 0.477 e. The molecule has 26 heavy (non-hydrogen) atoms. The lowest BCUT2D eigenvalue weighted by Gasteiger charge is -2.23. The first kappa shape index (κ1) is 16.3. The van der Waals surface area contributed by atoms with Gasteiger partial charge in [0.05, 0.1) is 25.2 Å². The van der Waals surface area contributed by atoms with Crippen molar-refractivity contribution in [3.63, 3.8) is 0 Å². The van der Waals surface area contributed by atoms with Crippen molar-refractivity contribution in [2.24, 2.45) is 13.0 Å². The van der Waals surface area contributed by atoms with Crippen LogP contribution in [0.4, 0.5) is 0 Å². The Labute approximate surface area is 151 Å². The van der Waals surface area contributed by atoms with E-state index in [9.17, 15) is 4.79 Å². The first-order chi connectivity index (χ1) is 12.7. The summed E-state index contributed by atoms with van der Waals surface area (Å²) in [6, 6.07) is 7.31. The van der Waals surface area contributed by atoms with Crippen LogP contribution >= 0.6 is 0 Å². The van der Waals surface area contributed by atoms with Crippen LogP contribution in [0.15, 0.2) is 49.2 Å². The van der Waals surface area contributed by atoms with Gasteiger partial charge < -0.3 is 14.2 Å². The van der Waals surface area contributed by atoms with Crippen molar-refractivity contribution < 1.29 is 9.53 Å². The van der Waals surface area contributed by atoms with Crippen LogP contribution in [0.3, 0.4) is 0 Å². The molecular weight excluding hydrogens is 332 g/mol. The molecule has 1 aliphatic rings. The normalized spacial score (nSPS) is 16.8. The van der Waals surface area contributed by atoms with Gasteiger partial charge in [-0.2, -0.15) is 5.10 Å². The van der Waals surface area contributed by atoms with E-state index >= 15 is 0 Å². The highest BCUT2D eigenvalue weighted by Crippen LogP contribution is 2.19. The molecule has 1 atom stereocenters. The van der Waals surface area contributed by atoms with Crippen LogP contribution in [0, 0.1) is 5.92 Å². The summed E-state index contributed by atoms with van der Waals surface area (Å²) in [4.78, 5) is 23.1. The summed E-state index contributed by atoms with van der Waals surface area (Å²) in [6.07, 6.45) is 7.09. The molecule has 0 fully saturated rings. The van der Waals surface area contributed by atoms with Gasteiger partial charge in [0, 0.05) is 50.7 Å². The van der Waals surface area contributed by atoms with E-state index in [0.717, 1.165) is 12.2 Å². The maximum absolute atomic E-state index is 12.9. The maximum Gasteiger partial charge on any atom is 0.274 e. The van der Waals surface area contributed by atoms with Gasteiger partial charge in [-0.1, -0.05) is 6.07 Å². The van der Waals surface area contributed by atoms with Crippen molar-refractivity contribution in [1.29, 1.82) is 0 Å². The minimum Gasteiger partial charge on any atom is -0.477 e. The first-order valence-electron chi connectivity index (χ1n) is 8.51. The van der Waals surface area contributed by atoms with Gasteiger partial charge in [0.25, 0.3) is 5.91 Å². The molecule has 0 saturated heterocycles. The Morgan fingerprint density at radius 1 is 1.31 bits per heavy atom. The van der Waals surface area contributed by atoms with E-state index < -0.39 is 0 Å². The van der Waals surface area contributed by atoms with Gasteiger partial charge in [0.2, 0.25) is 5.88 Å². The molecule has 4 heterocycles. The number of carbonyl (C=O) groups excluding carboxylic acids is 1. The van der Waals surface area contributed by atoms with E-state index in [0.29, 0.717) is 31.3 Å². The van der Waals surface area contributed by atoms with Gasteiger partial charge in [0.15, 0.2) is 0 Å². The van der Waals surface area contributed by atoms with Gasteiger partial charge in [-0.3, -0.25) is 9.48 Å². The Hall–Kier alpha value is -3.16. The summed E-state index contributed by atoms with van der Waals surface area (Å²) < 4.78 is 9.55. The highest BCUT2D eigenvalue weighted by molar-refractivity contribution is 5.92. The molecule has 0 saturated carbocycles. The molecule has 0 spiro atoms. The average Bonchev–Trinajstić information content (AvgIpc) is 3.24. The second-order valence-electron chi connectivity index (χ2n) is 6.44. The number of aryl methyl sites for hydroxylation is 1. The monoisotopic (exact) mass is 352 g/mol. The molecule has 0 N–H and O–H groups in total. The van der Waals surface area contributed by atoms with Crippen molar-refractivity contribution in [3.8, 4) is 5.88 Å². The van der Waals surface area contributed by atoms with Crippen molar-refractivity contribution in [3.05, 3.63) is 60.6 Å². The Morgan fingerprint density at radius 2 is 2.23 bits per heavy atom. The second-order valence-corrected chi connectivity index (χ2v) is 6.44. The highest BCUT2D eigenvalue weighted by Gasteiger charge is 2.27. The Balaban J connectivity index is 1.52. The third-order valence-corrected chi connectivity index (χ3v) is 4.41. The van der Waals surface area contributed by atoms with E-state index in [2.05, 4.69) is 19.6 Å². The maximum atomic E-state index is 12.9. The smallest absolute Gasteiger partial charge is 0.274 e. The fourth-order valence-corrected chi connectivity index (χ4v) is 3.14. The second kappa shape index (κ2) is 6.99. The number of hydrogen-bond acceptors (Lipinski definition) is 5. The predicted molar refractivity (Wildman–Crippen MR) is 93.4 cm³/mol. The summed E-state index contributed by atoms with van der Waals surface area (Å²) in [5.74, 6) is 0.633. The van der Waals surface area contributed by atoms with E-state index in [1.165, 1.54) is 0 Å². The van der Waals surface area contributed by atoms with Crippen LogP contribution in [-0.2, 0) is 20.1 Å². The van der Waals surface area contributed by atoms with Gasteiger partial charge in [-0.15, -0.1) is 0 Å². The number of amides is 1. The molecule has 1 aliphatic heterocycles. The summed E-state index contributed by atoms with van der Waals surface area (Å²) in [5.41, 5.74) is 1.46. The van der Waals surface area contributed by atoms with Crippen molar-refractivity contribution in [1.82, 2.24) is 29.2 Å². The number of fused-ring (bicyclic) bond motifs is 1. The van der Waals surface area contributed by atoms with Crippen LogP contribution in [0.25, 0.3) is 0 Å². The lowest BCUT2D eigenvalue weighted by molar-refractivity contribution is 0.0693. The van der Waals surface area contributed by atoms with Gasteiger partial charge in [-0.05, 0) is 12.1 Å². The van der Waals surface area contributed by atoms with Gasteiger partial charge in [0.1, 0.15) is 5.69 Å². The topological polar surface area (TPSA) is 78.1 Å². The molecule has 4 rings (SSSR count). The molecular formula is C18H20N6O2. The number of pyridine rings is 1. The van der Waals surface area contributed by atoms with Gasteiger partial charge in [-0.25, -0.2) is 9.97 Å². The molecule has 8 heteroatoms. The van der Waals surface area contributed by atoms with Crippen molar-refractivity contribution in [2.75, 3.05) is 13.2 Å². The minimum atomic E-state index is -0.0805. The molecule has 1 amide bonds. The Morgan fingerprint density at radius 3 is 3.00 bits per heavy atom. The summed E-state index contributed by atoms with van der Waals surface area (Å²) in [7, 11) is 1.80. The number of aromatic nitrogens is 5. The number of ether oxygens (including phenoxy) is 1. The molecule has 3 aromatic rings. The standard InChI is InChI=1S/C18H20N6O2/c1-22-7-5-16(21-22)18(25)23-9-14(10-24-13-19-8-15(24)11-23)12-26-17-4-2-3-6-20-17/h2-8,13-14H,9-12H2,1H3/t14-/m1/s1. The number of rotatable bonds is 4.